The smallest absolute Gasteiger partial charge is 0.250 e. The molecule has 3 aromatic heterocycles. The zero-order valence-electron chi connectivity index (χ0n) is 16.1. The molecule has 0 aliphatic rings. The summed E-state index contributed by atoms with van der Waals surface area (Å²) < 4.78 is 17.9. The van der Waals surface area contributed by atoms with Gasteiger partial charge in [-0.05, 0) is 30.3 Å². The predicted octanol–water partition coefficient (Wildman–Crippen LogP) is 3.59. The van der Waals surface area contributed by atoms with E-state index in [2.05, 4.69) is 20.4 Å². The maximum atomic E-state index is 14.7. The number of rotatable bonds is 5. The van der Waals surface area contributed by atoms with Crippen molar-refractivity contribution < 1.29 is 9.18 Å². The molecule has 0 fully saturated rings. The second-order valence-electron chi connectivity index (χ2n) is 6.79. The van der Waals surface area contributed by atoms with Crippen molar-refractivity contribution >= 4 is 28.4 Å². The van der Waals surface area contributed by atoms with Crippen molar-refractivity contribution in [2.45, 2.75) is 0 Å². The lowest BCUT2D eigenvalue weighted by Crippen LogP contribution is -2.10. The van der Waals surface area contributed by atoms with Gasteiger partial charge in [-0.25, -0.2) is 14.1 Å². The number of hydrogen-bond acceptors (Lipinski definition) is 5. The summed E-state index contributed by atoms with van der Waals surface area (Å²) in [5.41, 5.74) is 7.95. The number of para-hydroxylation sites is 1. The van der Waals surface area contributed by atoms with Crippen LogP contribution in [0.2, 0.25) is 0 Å². The highest BCUT2D eigenvalue weighted by atomic mass is 19.1. The predicted molar refractivity (Wildman–Crippen MR) is 114 cm³/mol. The molecule has 0 unspecified atom stereocenters. The molecule has 3 N–H and O–H groups in total. The first kappa shape index (κ1) is 18.5. The molecule has 0 radical (unpaired) electrons. The molecule has 0 saturated heterocycles. The molecular weight excluding hydrogens is 397 g/mol. The lowest BCUT2D eigenvalue weighted by molar-refractivity contribution is 0.100. The number of nitrogens with one attached hydrogen (secondary N) is 1. The third-order valence-electron chi connectivity index (χ3n) is 4.80. The van der Waals surface area contributed by atoms with Gasteiger partial charge in [0.25, 0.3) is 5.91 Å². The SMILES string of the molecule is NC(=O)c1cn(-c2nc(Nc3cccc(-n4cccn4)c3)ncc2F)c2ccccc12. The summed E-state index contributed by atoms with van der Waals surface area (Å²) in [5, 5.41) is 7.92. The number of carbonyl (C=O) groups excluding carboxylic acids is 1. The number of amides is 1. The first-order valence-electron chi connectivity index (χ1n) is 9.40. The number of benzene rings is 2. The van der Waals surface area contributed by atoms with E-state index in [-0.39, 0.29) is 17.3 Å². The van der Waals surface area contributed by atoms with E-state index < -0.39 is 11.7 Å². The maximum absolute atomic E-state index is 14.7. The van der Waals surface area contributed by atoms with E-state index in [4.69, 9.17) is 5.73 Å². The van der Waals surface area contributed by atoms with E-state index in [0.717, 1.165) is 11.9 Å². The minimum Gasteiger partial charge on any atom is -0.366 e. The van der Waals surface area contributed by atoms with E-state index >= 15 is 0 Å². The molecule has 0 bridgehead atoms. The number of carbonyl (C=O) groups is 1. The number of nitrogens with two attached hydrogens (primary N) is 1. The van der Waals surface area contributed by atoms with Crippen LogP contribution in [-0.2, 0) is 0 Å². The first-order valence-corrected chi connectivity index (χ1v) is 9.40. The Kier molecular flexibility index (Phi) is 4.40. The zero-order chi connectivity index (χ0) is 21.4. The van der Waals surface area contributed by atoms with Crippen LogP contribution in [0, 0.1) is 5.82 Å². The van der Waals surface area contributed by atoms with Crippen molar-refractivity contribution in [3.8, 4) is 11.5 Å². The molecule has 5 rings (SSSR count). The Balaban J connectivity index is 1.55. The van der Waals surface area contributed by atoms with Crippen LogP contribution in [0.5, 0.6) is 0 Å². The molecule has 8 nitrogen and oxygen atoms in total. The molecule has 0 aliphatic heterocycles. The quantitative estimate of drug-likeness (QED) is 0.458. The summed E-state index contributed by atoms with van der Waals surface area (Å²) in [6, 6.07) is 16.4. The summed E-state index contributed by atoms with van der Waals surface area (Å²) in [6.07, 6.45) is 6.09. The number of fused-ring (bicyclic) bond motifs is 1. The Morgan fingerprint density at radius 3 is 2.77 bits per heavy atom. The lowest BCUT2D eigenvalue weighted by atomic mass is 10.2. The van der Waals surface area contributed by atoms with Crippen molar-refractivity contribution in [2.24, 2.45) is 5.73 Å². The molecule has 1 amide bonds. The standard InChI is InChI=1S/C22H16FN7O/c23-18-12-25-22(27-14-5-3-6-15(11-14)30-10-4-9-26-30)28-21(18)29-13-17(20(24)31)16-7-1-2-8-19(16)29/h1-13H,(H2,24,31)(H,25,27,28). The van der Waals surface area contributed by atoms with Crippen molar-refractivity contribution in [2.75, 3.05) is 5.32 Å². The molecule has 0 spiro atoms. The minimum atomic E-state index is -0.632. The van der Waals surface area contributed by atoms with Gasteiger partial charge in [-0.1, -0.05) is 24.3 Å². The number of aromatic nitrogens is 5. The maximum Gasteiger partial charge on any atom is 0.250 e. The fourth-order valence-electron chi connectivity index (χ4n) is 3.42. The van der Waals surface area contributed by atoms with Gasteiger partial charge < -0.3 is 11.1 Å². The second-order valence-corrected chi connectivity index (χ2v) is 6.79. The molecule has 0 atom stereocenters. The Bertz CT molecular complexity index is 1410. The van der Waals surface area contributed by atoms with E-state index in [9.17, 15) is 9.18 Å². The topological polar surface area (TPSA) is 104 Å². The number of primary amides is 1. The molecule has 2 aromatic carbocycles. The van der Waals surface area contributed by atoms with Gasteiger partial charge in [0.05, 0.1) is 23.0 Å². The molecule has 3 heterocycles. The highest BCUT2D eigenvalue weighted by Gasteiger charge is 2.17. The fourth-order valence-corrected chi connectivity index (χ4v) is 3.42. The third-order valence-corrected chi connectivity index (χ3v) is 4.80. The van der Waals surface area contributed by atoms with Gasteiger partial charge >= 0.3 is 0 Å². The summed E-state index contributed by atoms with van der Waals surface area (Å²) >= 11 is 0. The molecule has 0 saturated carbocycles. The largest absolute Gasteiger partial charge is 0.366 e. The summed E-state index contributed by atoms with van der Waals surface area (Å²) in [5.74, 6) is -1.03. The fraction of sp³-hybridized carbons (Fsp3) is 0. The van der Waals surface area contributed by atoms with Crippen LogP contribution >= 0.6 is 0 Å². The second kappa shape index (κ2) is 7.38. The molecule has 152 valence electrons. The van der Waals surface area contributed by atoms with Gasteiger partial charge in [0, 0.05) is 29.7 Å². The van der Waals surface area contributed by atoms with Crippen LogP contribution in [0.3, 0.4) is 0 Å². The van der Waals surface area contributed by atoms with Crippen LogP contribution in [0.25, 0.3) is 22.4 Å². The van der Waals surface area contributed by atoms with Gasteiger partial charge in [-0.2, -0.15) is 10.1 Å². The molecule has 0 aliphatic carbocycles. The van der Waals surface area contributed by atoms with Crippen LogP contribution in [-0.4, -0.2) is 30.2 Å². The molecule has 5 aromatic rings. The highest BCUT2D eigenvalue weighted by Crippen LogP contribution is 2.26. The van der Waals surface area contributed by atoms with E-state index in [1.807, 2.05) is 36.5 Å². The monoisotopic (exact) mass is 413 g/mol. The summed E-state index contributed by atoms with van der Waals surface area (Å²) in [7, 11) is 0. The molecular formula is C22H16FN7O. The van der Waals surface area contributed by atoms with Crippen LogP contribution in [0.4, 0.5) is 16.0 Å². The van der Waals surface area contributed by atoms with Crippen LogP contribution in [0.1, 0.15) is 10.4 Å². The number of halogens is 1. The van der Waals surface area contributed by atoms with E-state index in [1.165, 1.54) is 10.8 Å². The Morgan fingerprint density at radius 2 is 1.97 bits per heavy atom. The van der Waals surface area contributed by atoms with Gasteiger partial charge in [-0.3, -0.25) is 9.36 Å². The van der Waals surface area contributed by atoms with Gasteiger partial charge in [-0.15, -0.1) is 0 Å². The highest BCUT2D eigenvalue weighted by molar-refractivity contribution is 6.06. The Labute approximate surface area is 175 Å². The van der Waals surface area contributed by atoms with Crippen molar-refractivity contribution in [1.82, 2.24) is 24.3 Å². The van der Waals surface area contributed by atoms with Crippen LogP contribution in [0.15, 0.2) is 79.4 Å². The Morgan fingerprint density at radius 1 is 1.10 bits per heavy atom. The minimum absolute atomic E-state index is 0.00410. The average molecular weight is 413 g/mol. The summed E-state index contributed by atoms with van der Waals surface area (Å²) in [6.45, 7) is 0. The number of hydrogen-bond donors (Lipinski definition) is 2. The number of anilines is 2. The summed E-state index contributed by atoms with van der Waals surface area (Å²) in [4.78, 5) is 20.2. The van der Waals surface area contributed by atoms with Crippen LogP contribution < -0.4 is 11.1 Å². The first-order chi connectivity index (χ1) is 15.1. The average Bonchev–Trinajstić information content (AvgIpc) is 3.44. The zero-order valence-corrected chi connectivity index (χ0v) is 16.1. The normalized spacial score (nSPS) is 11.0. The van der Waals surface area contributed by atoms with Crippen molar-refractivity contribution in [1.29, 1.82) is 0 Å². The number of nitrogens with zero attached hydrogens (tertiary/aromatic N) is 5. The lowest BCUT2D eigenvalue weighted by Gasteiger charge is -2.10. The van der Waals surface area contributed by atoms with E-state index in [1.54, 1.807) is 35.1 Å². The Hall–Kier alpha value is -4.53. The van der Waals surface area contributed by atoms with Gasteiger partial charge in [0.15, 0.2) is 11.6 Å². The van der Waals surface area contributed by atoms with E-state index in [0.29, 0.717) is 16.6 Å². The van der Waals surface area contributed by atoms with Crippen molar-refractivity contribution in [3.05, 3.63) is 90.8 Å². The molecule has 9 heteroatoms. The van der Waals surface area contributed by atoms with Crippen molar-refractivity contribution in [3.63, 3.8) is 0 Å². The van der Waals surface area contributed by atoms with Gasteiger partial charge in [0.1, 0.15) is 0 Å². The van der Waals surface area contributed by atoms with Gasteiger partial charge in [0.2, 0.25) is 5.95 Å². The third kappa shape index (κ3) is 3.38. The molecule has 31 heavy (non-hydrogen) atoms.